The predicted molar refractivity (Wildman–Crippen MR) is 128 cm³/mol. The minimum absolute atomic E-state index is 0.381. The van der Waals surface area contributed by atoms with Gasteiger partial charge in [0.1, 0.15) is 5.75 Å². The van der Waals surface area contributed by atoms with Crippen LogP contribution in [0.2, 0.25) is 0 Å². The van der Waals surface area contributed by atoms with Crippen molar-refractivity contribution in [2.75, 3.05) is 0 Å². The van der Waals surface area contributed by atoms with E-state index in [1.165, 1.54) is 69.8 Å². The summed E-state index contributed by atoms with van der Waals surface area (Å²) in [7, 11) is 0. The van der Waals surface area contributed by atoms with Gasteiger partial charge >= 0.3 is 5.97 Å². The van der Waals surface area contributed by atoms with Crippen LogP contribution in [-0.4, -0.2) is 5.97 Å². The molecule has 32 heavy (non-hydrogen) atoms. The third-order valence-corrected chi connectivity index (χ3v) is 7.82. The van der Waals surface area contributed by atoms with Crippen molar-refractivity contribution in [2.24, 2.45) is 17.8 Å². The van der Waals surface area contributed by atoms with E-state index in [1.807, 2.05) is 12.1 Å². The number of nitriles is 1. The first-order valence-electron chi connectivity index (χ1n) is 12.5. The largest absolute Gasteiger partial charge is 0.423 e. The maximum atomic E-state index is 12.5. The normalized spacial score (nSPS) is 25.6. The first-order valence-corrected chi connectivity index (χ1v) is 12.5. The third kappa shape index (κ3) is 5.60. The summed E-state index contributed by atoms with van der Waals surface area (Å²) in [6.07, 6.45) is 13.8. The molecule has 2 saturated carbocycles. The molecule has 0 N–H and O–H groups in total. The second kappa shape index (κ2) is 10.8. The van der Waals surface area contributed by atoms with E-state index in [9.17, 15) is 4.79 Å². The van der Waals surface area contributed by atoms with Gasteiger partial charge in [-0.3, -0.25) is 0 Å². The maximum absolute atomic E-state index is 12.5. The van der Waals surface area contributed by atoms with Gasteiger partial charge < -0.3 is 4.74 Å². The standard InChI is InChI=1S/C29H35NO2/c1-2-4-21-7-9-23(10-8-21)24-11-13-25(14-12-24)26-15-17-27(18-16-26)29(31)32-28-6-3-5-22(19-28)20-30/h3,5-6,15-19,21,23-25H,2,4,7-14H2,1H3/t21-,23-,24?,25?. The van der Waals surface area contributed by atoms with E-state index in [1.54, 1.807) is 24.3 Å². The number of hydrogen-bond acceptors (Lipinski definition) is 3. The molecule has 0 radical (unpaired) electrons. The van der Waals surface area contributed by atoms with Crippen molar-refractivity contribution >= 4 is 5.97 Å². The summed E-state index contributed by atoms with van der Waals surface area (Å²) in [5, 5.41) is 9.00. The Kier molecular flexibility index (Phi) is 7.63. The topological polar surface area (TPSA) is 50.1 Å². The number of benzene rings is 2. The summed E-state index contributed by atoms with van der Waals surface area (Å²) in [4.78, 5) is 12.5. The van der Waals surface area contributed by atoms with Gasteiger partial charge in [-0.05, 0) is 98.1 Å². The van der Waals surface area contributed by atoms with Gasteiger partial charge in [0.25, 0.3) is 0 Å². The van der Waals surface area contributed by atoms with Crippen LogP contribution < -0.4 is 4.74 Å². The SMILES string of the molecule is CCC[C@H]1CC[C@H](C2CCC(c3ccc(C(=O)Oc4cccc(C#N)c4)cc3)CC2)CC1. The van der Waals surface area contributed by atoms with Crippen molar-refractivity contribution in [1.82, 2.24) is 0 Å². The zero-order valence-corrected chi connectivity index (χ0v) is 19.3. The van der Waals surface area contributed by atoms with E-state index in [2.05, 4.69) is 25.1 Å². The first kappa shape index (κ1) is 22.6. The molecule has 3 heteroatoms. The van der Waals surface area contributed by atoms with Gasteiger partial charge in [-0.15, -0.1) is 0 Å². The molecule has 4 rings (SSSR count). The van der Waals surface area contributed by atoms with Crippen molar-refractivity contribution < 1.29 is 9.53 Å². The molecule has 0 unspecified atom stereocenters. The monoisotopic (exact) mass is 429 g/mol. The fourth-order valence-electron chi connectivity index (χ4n) is 5.97. The Balaban J connectivity index is 1.27. The van der Waals surface area contributed by atoms with Crippen LogP contribution in [0, 0.1) is 29.1 Å². The van der Waals surface area contributed by atoms with Crippen molar-refractivity contribution in [3.8, 4) is 11.8 Å². The summed E-state index contributed by atoms with van der Waals surface area (Å²) in [5.74, 6) is 3.51. The van der Waals surface area contributed by atoms with E-state index < -0.39 is 0 Å². The summed E-state index contributed by atoms with van der Waals surface area (Å²) in [5.41, 5.74) is 2.38. The smallest absolute Gasteiger partial charge is 0.343 e. The van der Waals surface area contributed by atoms with Gasteiger partial charge in [-0.1, -0.05) is 50.8 Å². The zero-order chi connectivity index (χ0) is 22.3. The molecule has 0 aliphatic heterocycles. The van der Waals surface area contributed by atoms with Crippen LogP contribution in [-0.2, 0) is 0 Å². The van der Waals surface area contributed by atoms with E-state index in [0.717, 1.165) is 17.8 Å². The number of esters is 1. The molecule has 0 saturated heterocycles. The highest BCUT2D eigenvalue weighted by atomic mass is 16.5. The minimum atomic E-state index is -0.381. The van der Waals surface area contributed by atoms with Crippen LogP contribution in [0.5, 0.6) is 5.75 Å². The molecule has 0 bridgehead atoms. The highest BCUT2D eigenvalue weighted by Crippen LogP contribution is 2.44. The third-order valence-electron chi connectivity index (χ3n) is 7.82. The fraction of sp³-hybridized carbons (Fsp3) is 0.517. The molecule has 0 aromatic heterocycles. The van der Waals surface area contributed by atoms with Gasteiger partial charge in [0, 0.05) is 0 Å². The Morgan fingerprint density at radius 2 is 1.59 bits per heavy atom. The van der Waals surface area contributed by atoms with Crippen LogP contribution >= 0.6 is 0 Å². The lowest BCUT2D eigenvalue weighted by Gasteiger charge is -2.38. The van der Waals surface area contributed by atoms with E-state index >= 15 is 0 Å². The average Bonchev–Trinajstić information content (AvgIpc) is 2.85. The molecule has 2 aliphatic carbocycles. The lowest BCUT2D eigenvalue weighted by Crippen LogP contribution is -2.25. The number of rotatable bonds is 6. The Hall–Kier alpha value is -2.60. The van der Waals surface area contributed by atoms with E-state index in [-0.39, 0.29) is 5.97 Å². The number of ether oxygens (including phenoxy) is 1. The number of hydrogen-bond donors (Lipinski definition) is 0. The quantitative estimate of drug-likeness (QED) is 0.350. The van der Waals surface area contributed by atoms with Crippen molar-refractivity contribution in [3.05, 3.63) is 65.2 Å². The summed E-state index contributed by atoms with van der Waals surface area (Å²) in [6.45, 7) is 2.32. The Morgan fingerprint density at radius 1 is 0.938 bits per heavy atom. The molecule has 0 atom stereocenters. The van der Waals surface area contributed by atoms with Crippen LogP contribution in [0.15, 0.2) is 48.5 Å². The highest BCUT2D eigenvalue weighted by Gasteiger charge is 2.31. The van der Waals surface area contributed by atoms with Gasteiger partial charge in [-0.2, -0.15) is 5.26 Å². The highest BCUT2D eigenvalue weighted by molar-refractivity contribution is 5.91. The lowest BCUT2D eigenvalue weighted by molar-refractivity contribution is 0.0734. The summed E-state index contributed by atoms with van der Waals surface area (Å²) >= 11 is 0. The number of carbonyl (C=O) groups is 1. The number of carbonyl (C=O) groups excluding carboxylic acids is 1. The molecule has 168 valence electrons. The Bertz CT molecular complexity index is 926. The van der Waals surface area contributed by atoms with E-state index in [4.69, 9.17) is 10.00 Å². The fourth-order valence-corrected chi connectivity index (χ4v) is 5.97. The van der Waals surface area contributed by atoms with Gasteiger partial charge in [0.05, 0.1) is 17.2 Å². The molecule has 2 fully saturated rings. The molecule has 2 aromatic carbocycles. The molecule has 3 nitrogen and oxygen atoms in total. The van der Waals surface area contributed by atoms with Gasteiger partial charge in [0.15, 0.2) is 0 Å². The van der Waals surface area contributed by atoms with Crippen molar-refractivity contribution in [3.63, 3.8) is 0 Å². The van der Waals surface area contributed by atoms with Crippen LogP contribution in [0.3, 0.4) is 0 Å². The summed E-state index contributed by atoms with van der Waals surface area (Å²) in [6, 6.07) is 16.7. The van der Waals surface area contributed by atoms with Gasteiger partial charge in [0.2, 0.25) is 0 Å². The molecule has 0 spiro atoms. The molecular formula is C29H35NO2. The minimum Gasteiger partial charge on any atom is -0.423 e. The Morgan fingerprint density at radius 3 is 2.22 bits per heavy atom. The van der Waals surface area contributed by atoms with Crippen LogP contribution in [0.25, 0.3) is 0 Å². The average molecular weight is 430 g/mol. The zero-order valence-electron chi connectivity index (χ0n) is 19.3. The lowest BCUT2D eigenvalue weighted by atomic mass is 9.68. The molecule has 2 aliphatic rings. The molecule has 0 heterocycles. The summed E-state index contributed by atoms with van der Waals surface area (Å²) < 4.78 is 5.44. The second-order valence-corrected chi connectivity index (χ2v) is 9.83. The van der Waals surface area contributed by atoms with E-state index in [0.29, 0.717) is 22.8 Å². The molecular weight excluding hydrogens is 394 g/mol. The number of nitrogens with zero attached hydrogens (tertiary/aromatic N) is 1. The first-order chi connectivity index (χ1) is 15.7. The maximum Gasteiger partial charge on any atom is 0.343 e. The predicted octanol–water partition coefficient (Wildman–Crippen LogP) is 7.66. The molecule has 0 amide bonds. The second-order valence-electron chi connectivity index (χ2n) is 9.83. The Labute approximate surface area is 192 Å². The van der Waals surface area contributed by atoms with Crippen LogP contribution in [0.1, 0.15) is 98.5 Å². The van der Waals surface area contributed by atoms with Crippen molar-refractivity contribution in [2.45, 2.75) is 77.0 Å². The van der Waals surface area contributed by atoms with Crippen LogP contribution in [0.4, 0.5) is 0 Å². The van der Waals surface area contributed by atoms with Gasteiger partial charge in [-0.25, -0.2) is 4.79 Å². The van der Waals surface area contributed by atoms with Crippen molar-refractivity contribution in [1.29, 1.82) is 5.26 Å². The molecule has 2 aromatic rings.